The van der Waals surface area contributed by atoms with Crippen molar-refractivity contribution in [3.8, 4) is 33.6 Å². The molecular formula is C37H41F3N6O2. The Kier molecular flexibility index (Phi) is 11.0. The Balaban J connectivity index is 1.25. The van der Waals surface area contributed by atoms with Gasteiger partial charge in [-0.3, -0.25) is 9.80 Å². The molecular weight excluding hydrogens is 617 g/mol. The van der Waals surface area contributed by atoms with E-state index >= 15 is 0 Å². The van der Waals surface area contributed by atoms with Gasteiger partial charge in [0.15, 0.2) is 0 Å². The van der Waals surface area contributed by atoms with Crippen LogP contribution in [0.15, 0.2) is 91.2 Å². The number of imidazole rings is 2. The number of ether oxygens (including phenoxy) is 1. The third-order valence-electron chi connectivity index (χ3n) is 8.16. The molecule has 2 aromatic heterocycles. The van der Waals surface area contributed by atoms with Crippen LogP contribution in [0, 0.1) is 0 Å². The van der Waals surface area contributed by atoms with Crippen LogP contribution in [-0.2, 0) is 17.5 Å². The van der Waals surface area contributed by atoms with Gasteiger partial charge in [-0.25, -0.2) is 14.8 Å². The predicted molar refractivity (Wildman–Crippen MR) is 182 cm³/mol. The maximum absolute atomic E-state index is 13.9. The highest BCUT2D eigenvalue weighted by molar-refractivity contribution is 5.72. The zero-order valence-electron chi connectivity index (χ0n) is 27.5. The first-order chi connectivity index (χ1) is 23.1. The number of nitrogens with one attached hydrogen (secondary N) is 2. The van der Waals surface area contributed by atoms with Gasteiger partial charge in [-0.2, -0.15) is 13.2 Å². The van der Waals surface area contributed by atoms with Crippen LogP contribution in [0.1, 0.15) is 56.5 Å². The number of likely N-dealkylation sites (tertiary alicyclic amines) is 1. The molecule has 1 aliphatic rings. The van der Waals surface area contributed by atoms with Gasteiger partial charge in [0, 0.05) is 12.1 Å². The fraction of sp³-hybridized carbons (Fsp3) is 0.324. The number of benzene rings is 2. The van der Waals surface area contributed by atoms with E-state index in [0.717, 1.165) is 48.2 Å². The number of alkyl halides is 3. The molecule has 1 saturated heterocycles. The first kappa shape index (κ1) is 34.4. The highest BCUT2D eigenvalue weighted by Gasteiger charge is 2.37. The molecule has 1 fully saturated rings. The zero-order valence-corrected chi connectivity index (χ0v) is 27.5. The Morgan fingerprint density at radius 3 is 2.38 bits per heavy atom. The largest absolute Gasteiger partial charge is 0.445 e. The van der Waals surface area contributed by atoms with Crippen molar-refractivity contribution in [3.05, 3.63) is 109 Å². The lowest BCUT2D eigenvalue weighted by atomic mass is 10.0. The summed E-state index contributed by atoms with van der Waals surface area (Å²) in [5.74, 6) is 0.980. The predicted octanol–water partition coefficient (Wildman–Crippen LogP) is 8.96. The van der Waals surface area contributed by atoms with Crippen LogP contribution in [0.5, 0.6) is 0 Å². The van der Waals surface area contributed by atoms with Gasteiger partial charge in [0.25, 0.3) is 0 Å². The fourth-order valence-electron chi connectivity index (χ4n) is 5.80. The molecule has 11 heteroatoms. The molecule has 0 bridgehead atoms. The van der Waals surface area contributed by atoms with Gasteiger partial charge in [0.1, 0.15) is 29.6 Å². The number of allylic oxidation sites excluding steroid dienone is 3. The number of carbonyl (C=O) groups excluding carboxylic acids is 1. The summed E-state index contributed by atoms with van der Waals surface area (Å²) >= 11 is 0. The maximum Gasteiger partial charge on any atom is 0.433 e. The molecule has 252 valence electrons. The van der Waals surface area contributed by atoms with Crippen molar-refractivity contribution in [1.82, 2.24) is 29.7 Å². The van der Waals surface area contributed by atoms with E-state index in [2.05, 4.69) is 26.5 Å². The quantitative estimate of drug-likeness (QED) is 0.148. The van der Waals surface area contributed by atoms with Crippen molar-refractivity contribution < 1.29 is 22.7 Å². The van der Waals surface area contributed by atoms with Crippen molar-refractivity contribution in [3.63, 3.8) is 0 Å². The monoisotopic (exact) mass is 658 g/mol. The van der Waals surface area contributed by atoms with Crippen molar-refractivity contribution in [2.75, 3.05) is 26.7 Å². The minimum Gasteiger partial charge on any atom is -0.445 e. The smallest absolute Gasteiger partial charge is 0.433 e. The minimum atomic E-state index is -4.55. The minimum absolute atomic E-state index is 0.101. The van der Waals surface area contributed by atoms with E-state index in [9.17, 15) is 18.0 Å². The number of rotatable bonds is 12. The second-order valence-corrected chi connectivity index (χ2v) is 11.9. The topological polar surface area (TPSA) is 90.1 Å². The molecule has 3 heterocycles. The van der Waals surface area contributed by atoms with Crippen LogP contribution >= 0.6 is 0 Å². The van der Waals surface area contributed by atoms with Crippen LogP contribution in [0.2, 0.25) is 0 Å². The molecule has 0 aliphatic carbocycles. The molecule has 0 unspecified atom stereocenters. The van der Waals surface area contributed by atoms with Gasteiger partial charge >= 0.3 is 12.3 Å². The van der Waals surface area contributed by atoms with Crippen molar-refractivity contribution >= 4 is 6.09 Å². The lowest BCUT2D eigenvalue weighted by Crippen LogP contribution is -2.32. The number of halogens is 3. The lowest BCUT2D eigenvalue weighted by molar-refractivity contribution is -0.140. The first-order valence-corrected chi connectivity index (χ1v) is 16.1. The fourth-order valence-corrected chi connectivity index (χ4v) is 5.80. The van der Waals surface area contributed by atoms with Crippen molar-refractivity contribution in [1.29, 1.82) is 0 Å². The van der Waals surface area contributed by atoms with Crippen LogP contribution < -0.4 is 0 Å². The molecule has 0 saturated carbocycles. The molecule has 0 spiro atoms. The summed E-state index contributed by atoms with van der Waals surface area (Å²) in [5, 5.41) is 0. The SMILES string of the molecule is C=C(/C=C\C=C/C)COC(=O)N1CCC[C@H]1c1ncc(-c2ccc(-c3ccc(-c4nc(CN(C)CCC)[nH]c4C(F)(F)F)cc3)cc2)[nH]1. The van der Waals surface area contributed by atoms with Crippen molar-refractivity contribution in [2.24, 2.45) is 0 Å². The normalized spacial score (nSPS) is 15.3. The first-order valence-electron chi connectivity index (χ1n) is 16.1. The average molecular weight is 659 g/mol. The summed E-state index contributed by atoms with van der Waals surface area (Å²) in [4.78, 5) is 31.3. The highest BCUT2D eigenvalue weighted by atomic mass is 19.4. The lowest BCUT2D eigenvalue weighted by Gasteiger charge is -2.22. The van der Waals surface area contributed by atoms with Gasteiger partial charge < -0.3 is 14.7 Å². The highest BCUT2D eigenvalue weighted by Crippen LogP contribution is 2.37. The van der Waals surface area contributed by atoms with Gasteiger partial charge in [0.2, 0.25) is 0 Å². The molecule has 48 heavy (non-hydrogen) atoms. The van der Waals surface area contributed by atoms with E-state index in [1.165, 1.54) is 0 Å². The Hall–Kier alpha value is -4.90. The Morgan fingerprint density at radius 1 is 1.06 bits per heavy atom. The number of carbonyl (C=O) groups is 1. The summed E-state index contributed by atoms with van der Waals surface area (Å²) in [6.07, 6.45) is 6.78. The Bertz CT molecular complexity index is 1750. The number of amides is 1. The average Bonchev–Trinajstić information content (AvgIpc) is 3.84. The molecule has 0 radical (unpaired) electrons. The van der Waals surface area contributed by atoms with Gasteiger partial charge in [-0.05, 0) is 62.0 Å². The summed E-state index contributed by atoms with van der Waals surface area (Å²) in [7, 11) is 1.86. The number of hydrogen-bond donors (Lipinski definition) is 2. The van der Waals surface area contributed by atoms with Crippen LogP contribution in [-0.4, -0.2) is 62.6 Å². The summed E-state index contributed by atoms with van der Waals surface area (Å²) in [5.41, 5.74) is 3.66. The number of aromatic nitrogens is 4. The standard InChI is InChI=1S/C37H41F3N6O2/c1-5-7-8-10-25(3)24-48-36(47)46-21-9-11-31(46)35-41-22-30(42-35)28-16-12-26(13-17-28)27-14-18-29(19-15-27)33-34(37(38,39)40)44-32(43-33)23-45(4)20-6-2/h5,7-8,10,12-19,22,31H,3,6,9,11,20-21,23-24H2,1-2,4H3,(H,41,42)(H,43,44)/b7-5-,10-8-/t31-/m0/s1. The van der Waals surface area contributed by atoms with Crippen LogP contribution in [0.25, 0.3) is 33.6 Å². The van der Waals surface area contributed by atoms with E-state index in [-0.39, 0.29) is 24.2 Å². The molecule has 5 rings (SSSR count). The molecule has 2 aromatic carbocycles. The van der Waals surface area contributed by atoms with Crippen LogP contribution in [0.4, 0.5) is 18.0 Å². The summed E-state index contributed by atoms with van der Waals surface area (Å²) < 4.78 is 47.1. The Labute approximate surface area is 279 Å². The molecule has 8 nitrogen and oxygen atoms in total. The molecule has 1 aliphatic heterocycles. The number of aromatic amines is 2. The second-order valence-electron chi connectivity index (χ2n) is 11.9. The number of nitrogens with zero attached hydrogens (tertiary/aromatic N) is 4. The number of H-pyrrole nitrogens is 2. The second kappa shape index (κ2) is 15.3. The summed E-state index contributed by atoms with van der Waals surface area (Å²) in [6, 6.07) is 14.6. The number of hydrogen-bond acceptors (Lipinski definition) is 5. The van der Waals surface area contributed by atoms with E-state index in [1.54, 1.807) is 35.4 Å². The van der Waals surface area contributed by atoms with Crippen molar-refractivity contribution in [2.45, 2.75) is 51.9 Å². The molecule has 4 aromatic rings. The van der Waals surface area contributed by atoms with Gasteiger partial charge in [-0.15, -0.1) is 0 Å². The molecule has 2 N–H and O–H groups in total. The third kappa shape index (κ3) is 8.32. The Morgan fingerprint density at radius 2 is 1.73 bits per heavy atom. The summed E-state index contributed by atoms with van der Waals surface area (Å²) in [6.45, 7) is 9.63. The van der Waals surface area contributed by atoms with Gasteiger partial charge in [0.05, 0.1) is 24.5 Å². The van der Waals surface area contributed by atoms with E-state index in [4.69, 9.17) is 4.74 Å². The van der Waals surface area contributed by atoms with E-state index < -0.39 is 18.0 Å². The molecule has 1 atom stereocenters. The third-order valence-corrected chi connectivity index (χ3v) is 8.16. The zero-order chi connectivity index (χ0) is 34.3. The molecule has 1 amide bonds. The van der Waals surface area contributed by atoms with Crippen LogP contribution in [0.3, 0.4) is 0 Å². The van der Waals surface area contributed by atoms with E-state index in [1.807, 2.05) is 74.4 Å². The van der Waals surface area contributed by atoms with E-state index in [0.29, 0.717) is 30.1 Å². The maximum atomic E-state index is 13.9. The van der Waals surface area contributed by atoms with Gasteiger partial charge in [-0.1, -0.05) is 86.3 Å².